The van der Waals surface area contributed by atoms with Gasteiger partial charge in [-0.25, -0.2) is 0 Å². The highest BCUT2D eigenvalue weighted by atomic mass is 16.3. The lowest BCUT2D eigenvalue weighted by molar-refractivity contribution is -0.211. The highest BCUT2D eigenvalue weighted by Crippen LogP contribution is 2.74. The Morgan fingerprint density at radius 2 is 1.41 bits per heavy atom. The fraction of sp³-hybridized carbons (Fsp3) is 0.933. The number of fused-ring (bicyclic) bond motifs is 5. The normalized spacial score (nSPS) is 50.7. The highest BCUT2D eigenvalue weighted by molar-refractivity contribution is 5.17. The molecule has 0 aliphatic heterocycles. The van der Waals surface area contributed by atoms with Crippen LogP contribution in [0.4, 0.5) is 0 Å². The predicted octanol–water partition coefficient (Wildman–Crippen LogP) is 7.39. The molecular weight excluding hydrogens is 392 g/mol. The van der Waals surface area contributed by atoms with Gasteiger partial charge in [-0.1, -0.05) is 53.2 Å². The lowest BCUT2D eigenvalue weighted by atomic mass is 9.36. The van der Waals surface area contributed by atoms with Crippen molar-refractivity contribution < 1.29 is 10.2 Å². The first kappa shape index (κ1) is 24.8. The van der Waals surface area contributed by atoms with E-state index in [1.807, 2.05) is 0 Å². The van der Waals surface area contributed by atoms with E-state index in [1.54, 1.807) is 0 Å². The molecule has 2 nitrogen and oxygen atoms in total. The molecule has 4 rings (SSSR count). The number of hydrogen-bond donors (Lipinski definition) is 2. The predicted molar refractivity (Wildman–Crippen MR) is 134 cm³/mol. The van der Waals surface area contributed by atoms with Crippen LogP contribution < -0.4 is 0 Å². The zero-order chi connectivity index (χ0) is 23.7. The summed E-state index contributed by atoms with van der Waals surface area (Å²) in [5.74, 6) is 2.99. The van der Waals surface area contributed by atoms with Crippen LogP contribution in [0.5, 0.6) is 0 Å². The Hall–Kier alpha value is -0.340. The Balaban J connectivity index is 1.61. The molecule has 2 heteroatoms. The van der Waals surface area contributed by atoms with Gasteiger partial charge in [0.05, 0.1) is 12.2 Å². The summed E-state index contributed by atoms with van der Waals surface area (Å²) >= 11 is 0. The van der Waals surface area contributed by atoms with Crippen LogP contribution in [-0.2, 0) is 0 Å². The van der Waals surface area contributed by atoms with Gasteiger partial charge in [0.1, 0.15) is 0 Å². The summed E-state index contributed by atoms with van der Waals surface area (Å²) < 4.78 is 0. The van der Waals surface area contributed by atoms with Crippen molar-refractivity contribution in [2.24, 2.45) is 51.2 Å². The molecule has 2 N–H and O–H groups in total. The molecule has 0 spiro atoms. The third kappa shape index (κ3) is 3.48. The van der Waals surface area contributed by atoms with Gasteiger partial charge in [-0.05, 0) is 123 Å². The van der Waals surface area contributed by atoms with E-state index < -0.39 is 0 Å². The number of rotatable bonds is 4. The van der Waals surface area contributed by atoms with Gasteiger partial charge in [-0.3, -0.25) is 0 Å². The molecule has 4 saturated carbocycles. The number of aliphatic hydroxyl groups is 2. The molecule has 0 aromatic rings. The van der Waals surface area contributed by atoms with Gasteiger partial charge in [0.15, 0.2) is 0 Å². The standard InChI is InChI=1S/C30H52O2/c1-19(2)10-9-11-20(3)26-21(31)18-24-29(7)15-12-22-27(4,5)25(32)14-17-28(22,6)23(29)13-16-30(24,26)8/h10,20-26,31-32H,9,11-18H2,1-8H3. The first-order valence-corrected chi connectivity index (χ1v) is 13.8. The van der Waals surface area contributed by atoms with Crippen LogP contribution in [-0.4, -0.2) is 22.4 Å². The molecular formula is C30H52O2. The van der Waals surface area contributed by atoms with Crippen LogP contribution >= 0.6 is 0 Å². The zero-order valence-corrected chi connectivity index (χ0v) is 22.4. The van der Waals surface area contributed by atoms with Crippen molar-refractivity contribution in [2.45, 2.75) is 125 Å². The van der Waals surface area contributed by atoms with Gasteiger partial charge < -0.3 is 10.2 Å². The number of aliphatic hydroxyl groups excluding tert-OH is 2. The Kier molecular flexibility index (Phi) is 6.28. The summed E-state index contributed by atoms with van der Waals surface area (Å²) in [6.07, 6.45) is 12.7. The van der Waals surface area contributed by atoms with E-state index in [2.05, 4.69) is 61.5 Å². The van der Waals surface area contributed by atoms with Crippen LogP contribution in [0.15, 0.2) is 11.6 Å². The molecule has 10 atom stereocenters. The summed E-state index contributed by atoms with van der Waals surface area (Å²) in [6.45, 7) is 19.2. The second-order valence-corrected chi connectivity index (χ2v) is 14.3. The van der Waals surface area contributed by atoms with E-state index in [4.69, 9.17) is 0 Å². The average molecular weight is 445 g/mol. The van der Waals surface area contributed by atoms with E-state index in [0.29, 0.717) is 34.5 Å². The Morgan fingerprint density at radius 1 is 0.844 bits per heavy atom. The van der Waals surface area contributed by atoms with Crippen LogP contribution in [0.2, 0.25) is 0 Å². The topological polar surface area (TPSA) is 40.5 Å². The third-order valence-corrected chi connectivity index (χ3v) is 12.1. The third-order valence-electron chi connectivity index (χ3n) is 12.1. The van der Waals surface area contributed by atoms with Crippen LogP contribution in [0.1, 0.15) is 113 Å². The van der Waals surface area contributed by atoms with Crippen molar-refractivity contribution in [3.8, 4) is 0 Å². The van der Waals surface area contributed by atoms with Gasteiger partial charge in [-0.2, -0.15) is 0 Å². The molecule has 0 bridgehead atoms. The molecule has 10 unspecified atom stereocenters. The summed E-state index contributed by atoms with van der Waals surface area (Å²) in [4.78, 5) is 0. The maximum atomic E-state index is 11.4. The first-order valence-electron chi connectivity index (χ1n) is 13.8. The fourth-order valence-electron chi connectivity index (χ4n) is 10.6. The van der Waals surface area contributed by atoms with Crippen molar-refractivity contribution in [3.05, 3.63) is 11.6 Å². The number of allylic oxidation sites excluding steroid dienone is 2. The molecule has 0 aromatic heterocycles. The molecule has 0 radical (unpaired) electrons. The maximum absolute atomic E-state index is 11.4. The largest absolute Gasteiger partial charge is 0.393 e. The Bertz CT molecular complexity index is 735. The molecule has 32 heavy (non-hydrogen) atoms. The van der Waals surface area contributed by atoms with E-state index in [0.717, 1.165) is 25.2 Å². The Labute approximate surface area is 198 Å². The van der Waals surface area contributed by atoms with Crippen molar-refractivity contribution >= 4 is 0 Å². The molecule has 4 fully saturated rings. The SMILES string of the molecule is CC(C)=CCCC(C)C1C(O)CC2C1(C)CCC1C3(C)CCC(O)C(C)(C)C3CCC21C. The van der Waals surface area contributed by atoms with Crippen molar-refractivity contribution in [1.29, 1.82) is 0 Å². The van der Waals surface area contributed by atoms with Crippen molar-refractivity contribution in [2.75, 3.05) is 0 Å². The average Bonchev–Trinajstić information content (AvgIpc) is 2.96. The van der Waals surface area contributed by atoms with Gasteiger partial charge in [0.25, 0.3) is 0 Å². The monoisotopic (exact) mass is 444 g/mol. The molecule has 4 aliphatic rings. The van der Waals surface area contributed by atoms with E-state index in [-0.39, 0.29) is 23.0 Å². The molecule has 0 saturated heterocycles. The lowest BCUT2D eigenvalue weighted by Crippen LogP contribution is -2.62. The van der Waals surface area contributed by atoms with Crippen LogP contribution in [0.3, 0.4) is 0 Å². The van der Waals surface area contributed by atoms with Crippen LogP contribution in [0.25, 0.3) is 0 Å². The fourth-order valence-corrected chi connectivity index (χ4v) is 10.6. The van der Waals surface area contributed by atoms with E-state index in [9.17, 15) is 10.2 Å². The first-order chi connectivity index (χ1) is 14.8. The van der Waals surface area contributed by atoms with E-state index in [1.165, 1.54) is 44.1 Å². The van der Waals surface area contributed by atoms with Gasteiger partial charge >= 0.3 is 0 Å². The summed E-state index contributed by atoms with van der Waals surface area (Å²) in [7, 11) is 0. The number of hydrogen-bond acceptors (Lipinski definition) is 2. The summed E-state index contributed by atoms with van der Waals surface area (Å²) in [6, 6.07) is 0. The minimum atomic E-state index is -0.155. The molecule has 4 aliphatic carbocycles. The minimum absolute atomic E-state index is 0.0201. The van der Waals surface area contributed by atoms with Crippen molar-refractivity contribution in [3.63, 3.8) is 0 Å². The van der Waals surface area contributed by atoms with Gasteiger partial charge in [0.2, 0.25) is 0 Å². The minimum Gasteiger partial charge on any atom is -0.393 e. The second kappa shape index (κ2) is 8.11. The Morgan fingerprint density at radius 3 is 2.06 bits per heavy atom. The quantitative estimate of drug-likeness (QED) is 0.444. The summed E-state index contributed by atoms with van der Waals surface area (Å²) in [5, 5.41) is 22.3. The maximum Gasteiger partial charge on any atom is 0.0594 e. The second-order valence-electron chi connectivity index (χ2n) is 14.3. The summed E-state index contributed by atoms with van der Waals surface area (Å²) in [5.41, 5.74) is 2.35. The molecule has 184 valence electrons. The highest BCUT2D eigenvalue weighted by Gasteiger charge is 2.68. The van der Waals surface area contributed by atoms with Crippen molar-refractivity contribution in [1.82, 2.24) is 0 Å². The smallest absolute Gasteiger partial charge is 0.0594 e. The zero-order valence-electron chi connectivity index (χ0n) is 22.4. The van der Waals surface area contributed by atoms with Gasteiger partial charge in [-0.15, -0.1) is 0 Å². The van der Waals surface area contributed by atoms with E-state index >= 15 is 0 Å². The lowest BCUT2D eigenvalue weighted by Gasteiger charge is -2.68. The molecule has 0 amide bonds. The van der Waals surface area contributed by atoms with Gasteiger partial charge in [0, 0.05) is 0 Å². The van der Waals surface area contributed by atoms with Crippen LogP contribution in [0, 0.1) is 51.2 Å². The molecule has 0 heterocycles. The molecule has 0 aromatic carbocycles.